The Kier molecular flexibility index (Phi) is 3.49. The Morgan fingerprint density at radius 3 is 2.11 bits per heavy atom. The summed E-state index contributed by atoms with van der Waals surface area (Å²) in [5.41, 5.74) is 1.09. The zero-order chi connectivity index (χ0) is 14.2. The predicted molar refractivity (Wildman–Crippen MR) is 67.0 cm³/mol. The van der Waals surface area contributed by atoms with Crippen LogP contribution in [-0.4, -0.2) is 9.97 Å². The summed E-state index contributed by atoms with van der Waals surface area (Å²) < 4.78 is 37.4. The van der Waals surface area contributed by atoms with E-state index in [1.54, 1.807) is 13.8 Å². The number of hydrogen-bond donors (Lipinski definition) is 0. The van der Waals surface area contributed by atoms with E-state index in [-0.39, 0.29) is 0 Å². The highest BCUT2D eigenvalue weighted by Gasteiger charge is 2.30. The SMILES string of the molecule is Cc1nc(Cl)c(C)c(-c2ccc(C(F)(F)F)cc2)n1. The minimum atomic E-state index is -4.34. The second kappa shape index (κ2) is 4.81. The molecule has 0 radical (unpaired) electrons. The molecule has 1 heterocycles. The summed E-state index contributed by atoms with van der Waals surface area (Å²) in [4.78, 5) is 8.21. The Hall–Kier alpha value is -1.62. The lowest BCUT2D eigenvalue weighted by molar-refractivity contribution is -0.137. The van der Waals surface area contributed by atoms with Gasteiger partial charge in [-0.3, -0.25) is 0 Å². The molecule has 19 heavy (non-hydrogen) atoms. The highest BCUT2D eigenvalue weighted by atomic mass is 35.5. The molecule has 0 unspecified atom stereocenters. The van der Waals surface area contributed by atoms with Gasteiger partial charge in [0.1, 0.15) is 11.0 Å². The molecule has 2 nitrogen and oxygen atoms in total. The summed E-state index contributed by atoms with van der Waals surface area (Å²) in [5.74, 6) is 0.477. The van der Waals surface area contributed by atoms with E-state index in [1.165, 1.54) is 12.1 Å². The third kappa shape index (κ3) is 2.87. The Balaban J connectivity index is 2.49. The zero-order valence-corrected chi connectivity index (χ0v) is 11.0. The van der Waals surface area contributed by atoms with Crippen molar-refractivity contribution in [3.63, 3.8) is 0 Å². The average Bonchev–Trinajstić information content (AvgIpc) is 2.33. The highest BCUT2D eigenvalue weighted by molar-refractivity contribution is 6.30. The van der Waals surface area contributed by atoms with Crippen LogP contribution in [0.15, 0.2) is 24.3 Å². The molecule has 2 aromatic rings. The van der Waals surface area contributed by atoms with Crippen LogP contribution >= 0.6 is 11.6 Å². The molecule has 0 N–H and O–H groups in total. The lowest BCUT2D eigenvalue weighted by atomic mass is 10.1. The molecule has 0 saturated heterocycles. The molecule has 0 atom stereocenters. The van der Waals surface area contributed by atoms with E-state index in [2.05, 4.69) is 9.97 Å². The number of rotatable bonds is 1. The van der Waals surface area contributed by atoms with Gasteiger partial charge in [0.15, 0.2) is 0 Å². The largest absolute Gasteiger partial charge is 0.416 e. The fourth-order valence-corrected chi connectivity index (χ4v) is 1.90. The van der Waals surface area contributed by atoms with Crippen LogP contribution in [0, 0.1) is 13.8 Å². The number of nitrogens with zero attached hydrogens (tertiary/aromatic N) is 2. The maximum atomic E-state index is 12.5. The first-order chi connectivity index (χ1) is 8.79. The fourth-order valence-electron chi connectivity index (χ4n) is 1.69. The van der Waals surface area contributed by atoms with Crippen LogP contribution in [0.2, 0.25) is 5.15 Å². The van der Waals surface area contributed by atoms with Crippen molar-refractivity contribution in [3.8, 4) is 11.3 Å². The molecule has 100 valence electrons. The summed E-state index contributed by atoms with van der Waals surface area (Å²) in [6.45, 7) is 3.41. The first kappa shape index (κ1) is 13.8. The number of alkyl halides is 3. The molecule has 2 rings (SSSR count). The van der Waals surface area contributed by atoms with Crippen molar-refractivity contribution in [1.29, 1.82) is 0 Å². The first-order valence-electron chi connectivity index (χ1n) is 5.47. The fraction of sp³-hybridized carbons (Fsp3) is 0.231. The minimum absolute atomic E-state index is 0.308. The molecule has 6 heteroatoms. The van der Waals surface area contributed by atoms with Gasteiger partial charge in [0.05, 0.1) is 11.3 Å². The smallest absolute Gasteiger partial charge is 0.233 e. The molecule has 0 spiro atoms. The first-order valence-corrected chi connectivity index (χ1v) is 5.85. The molecule has 0 fully saturated rings. The van der Waals surface area contributed by atoms with Crippen molar-refractivity contribution in [1.82, 2.24) is 9.97 Å². The van der Waals surface area contributed by atoms with Crippen molar-refractivity contribution < 1.29 is 13.2 Å². The maximum Gasteiger partial charge on any atom is 0.416 e. The Bertz CT molecular complexity index is 607. The Labute approximate surface area is 113 Å². The molecule has 0 aliphatic rings. The van der Waals surface area contributed by atoms with E-state index in [9.17, 15) is 13.2 Å². The quantitative estimate of drug-likeness (QED) is 0.725. The zero-order valence-electron chi connectivity index (χ0n) is 10.2. The van der Waals surface area contributed by atoms with Gasteiger partial charge in [0.25, 0.3) is 0 Å². The van der Waals surface area contributed by atoms with E-state index in [0.29, 0.717) is 27.8 Å². The van der Waals surface area contributed by atoms with Crippen LogP contribution in [0.4, 0.5) is 13.2 Å². The predicted octanol–water partition coefficient (Wildman–Crippen LogP) is 4.43. The molecule has 0 bridgehead atoms. The number of halogens is 4. The number of benzene rings is 1. The normalized spacial score (nSPS) is 11.7. The van der Waals surface area contributed by atoms with Gasteiger partial charge in [-0.2, -0.15) is 13.2 Å². The third-order valence-corrected chi connectivity index (χ3v) is 3.05. The van der Waals surface area contributed by atoms with Crippen molar-refractivity contribution >= 4 is 11.6 Å². The van der Waals surface area contributed by atoms with Gasteiger partial charge in [-0.15, -0.1) is 0 Å². The number of aryl methyl sites for hydroxylation is 1. The van der Waals surface area contributed by atoms with Crippen LogP contribution in [0.25, 0.3) is 11.3 Å². The summed E-state index contributed by atoms with van der Waals surface area (Å²) in [6.07, 6.45) is -4.34. The van der Waals surface area contributed by atoms with Gasteiger partial charge < -0.3 is 0 Å². The summed E-state index contributed by atoms with van der Waals surface area (Å²) in [7, 11) is 0. The lowest BCUT2D eigenvalue weighted by Crippen LogP contribution is -2.04. The van der Waals surface area contributed by atoms with E-state index in [0.717, 1.165) is 12.1 Å². The molecule has 0 saturated carbocycles. The van der Waals surface area contributed by atoms with E-state index in [4.69, 9.17) is 11.6 Å². The van der Waals surface area contributed by atoms with Gasteiger partial charge in [-0.05, 0) is 26.0 Å². The highest BCUT2D eigenvalue weighted by Crippen LogP contribution is 2.32. The summed E-state index contributed by atoms with van der Waals surface area (Å²) in [5, 5.41) is 0.308. The second-order valence-electron chi connectivity index (χ2n) is 4.11. The van der Waals surface area contributed by atoms with Crippen molar-refractivity contribution in [2.24, 2.45) is 0 Å². The topological polar surface area (TPSA) is 25.8 Å². The Morgan fingerprint density at radius 2 is 1.58 bits per heavy atom. The van der Waals surface area contributed by atoms with Crippen LogP contribution < -0.4 is 0 Å². The molecule has 0 amide bonds. The van der Waals surface area contributed by atoms with Crippen LogP contribution in [0.5, 0.6) is 0 Å². The van der Waals surface area contributed by atoms with Crippen LogP contribution in [0.3, 0.4) is 0 Å². The second-order valence-corrected chi connectivity index (χ2v) is 4.47. The Morgan fingerprint density at radius 1 is 1.00 bits per heavy atom. The lowest BCUT2D eigenvalue weighted by Gasteiger charge is -2.10. The summed E-state index contributed by atoms with van der Waals surface area (Å²) >= 11 is 5.94. The average molecular weight is 287 g/mol. The monoisotopic (exact) mass is 286 g/mol. The van der Waals surface area contributed by atoms with E-state index < -0.39 is 11.7 Å². The van der Waals surface area contributed by atoms with Gasteiger partial charge in [-0.1, -0.05) is 23.7 Å². The third-order valence-electron chi connectivity index (χ3n) is 2.68. The van der Waals surface area contributed by atoms with E-state index >= 15 is 0 Å². The van der Waals surface area contributed by atoms with Crippen molar-refractivity contribution in [2.45, 2.75) is 20.0 Å². The molecular formula is C13H10ClF3N2. The van der Waals surface area contributed by atoms with Gasteiger partial charge >= 0.3 is 6.18 Å². The maximum absolute atomic E-state index is 12.5. The molecule has 0 aliphatic carbocycles. The molecule has 1 aromatic carbocycles. The minimum Gasteiger partial charge on any atom is -0.233 e. The van der Waals surface area contributed by atoms with Gasteiger partial charge in [-0.25, -0.2) is 9.97 Å². The van der Waals surface area contributed by atoms with E-state index in [1.807, 2.05) is 0 Å². The number of aromatic nitrogens is 2. The van der Waals surface area contributed by atoms with Gasteiger partial charge in [0, 0.05) is 11.1 Å². The summed E-state index contributed by atoms with van der Waals surface area (Å²) in [6, 6.07) is 4.82. The molecule has 0 aliphatic heterocycles. The van der Waals surface area contributed by atoms with Crippen LogP contribution in [-0.2, 0) is 6.18 Å². The van der Waals surface area contributed by atoms with Crippen molar-refractivity contribution in [2.75, 3.05) is 0 Å². The molecular weight excluding hydrogens is 277 g/mol. The molecule has 1 aromatic heterocycles. The number of hydrogen-bond acceptors (Lipinski definition) is 2. The van der Waals surface area contributed by atoms with Crippen LogP contribution in [0.1, 0.15) is 17.0 Å². The standard InChI is InChI=1S/C13H10ClF3N2/c1-7-11(18-8(2)19-12(7)14)9-3-5-10(6-4-9)13(15,16)17/h3-6H,1-2H3. The van der Waals surface area contributed by atoms with Gasteiger partial charge in [0.2, 0.25) is 0 Å². The van der Waals surface area contributed by atoms with Crippen molar-refractivity contribution in [3.05, 3.63) is 46.4 Å².